The number of hydrogen-bond donors (Lipinski definition) is 8. The Bertz CT molecular complexity index is 1190. The Morgan fingerprint density at radius 2 is 1.56 bits per heavy atom. The summed E-state index contributed by atoms with van der Waals surface area (Å²) >= 11 is 1.47. The highest BCUT2D eigenvalue weighted by atomic mass is 32.2. The summed E-state index contributed by atoms with van der Waals surface area (Å²) in [6, 6.07) is 3.20. The molecule has 14 heteroatoms. The van der Waals surface area contributed by atoms with E-state index in [-0.39, 0.29) is 32.1 Å². The Balaban J connectivity index is 2.12. The molecular weight excluding hydrogens is 550 g/mol. The number of aliphatic carboxylic acids is 1. The number of carbonyl (C=O) groups is 5. The molecule has 0 aliphatic rings. The van der Waals surface area contributed by atoms with Crippen LogP contribution in [0.15, 0.2) is 30.5 Å². The molecule has 1 aromatic heterocycles. The maximum Gasteiger partial charge on any atom is 0.326 e. The predicted molar refractivity (Wildman–Crippen MR) is 158 cm³/mol. The van der Waals surface area contributed by atoms with E-state index in [9.17, 15) is 29.1 Å². The molecule has 0 saturated carbocycles. The van der Waals surface area contributed by atoms with Crippen molar-refractivity contribution in [3.8, 4) is 0 Å². The lowest BCUT2D eigenvalue weighted by molar-refractivity contribution is -0.142. The number of rotatable bonds is 19. The molecule has 2 rings (SSSR count). The molecule has 41 heavy (non-hydrogen) atoms. The SMILES string of the molecule is CSCCC(NC(=O)C(N)Cc1c[nH]c2ccccc12)C(=O)NC(CCC(N)=O)C(=O)NC(CCCCN)C(=O)O. The molecule has 2 aromatic rings. The van der Waals surface area contributed by atoms with E-state index >= 15 is 0 Å². The number of carboxylic acid groups (broad SMARTS) is 1. The number of fused-ring (bicyclic) bond motifs is 1. The lowest BCUT2D eigenvalue weighted by atomic mass is 10.0. The summed E-state index contributed by atoms with van der Waals surface area (Å²) in [5, 5.41) is 18.1. The maximum absolute atomic E-state index is 13.3. The largest absolute Gasteiger partial charge is 0.480 e. The Labute approximate surface area is 243 Å². The minimum atomic E-state index is -1.25. The minimum Gasteiger partial charge on any atom is -0.480 e. The molecular formula is C27H41N7O6S. The van der Waals surface area contributed by atoms with E-state index in [0.717, 1.165) is 16.5 Å². The van der Waals surface area contributed by atoms with Gasteiger partial charge in [-0.1, -0.05) is 18.2 Å². The number of aromatic amines is 1. The molecule has 11 N–H and O–H groups in total. The molecule has 226 valence electrons. The van der Waals surface area contributed by atoms with Gasteiger partial charge >= 0.3 is 5.97 Å². The number of unbranched alkanes of at least 4 members (excludes halogenated alkanes) is 1. The molecule has 1 heterocycles. The van der Waals surface area contributed by atoms with Crippen LogP contribution in [0.3, 0.4) is 0 Å². The lowest BCUT2D eigenvalue weighted by Gasteiger charge is -2.25. The lowest BCUT2D eigenvalue weighted by Crippen LogP contribution is -2.57. The third-order valence-electron chi connectivity index (χ3n) is 6.57. The van der Waals surface area contributed by atoms with Crippen LogP contribution in [0.4, 0.5) is 0 Å². The molecule has 0 saturated heterocycles. The van der Waals surface area contributed by atoms with Crippen LogP contribution in [-0.4, -0.2) is 82.4 Å². The highest BCUT2D eigenvalue weighted by Gasteiger charge is 2.30. The van der Waals surface area contributed by atoms with E-state index in [1.807, 2.05) is 30.5 Å². The number of benzene rings is 1. The molecule has 0 aliphatic heterocycles. The van der Waals surface area contributed by atoms with Crippen molar-refractivity contribution in [1.82, 2.24) is 20.9 Å². The van der Waals surface area contributed by atoms with E-state index < -0.39 is 53.8 Å². The molecule has 0 fully saturated rings. The number of hydrogen-bond acceptors (Lipinski definition) is 8. The van der Waals surface area contributed by atoms with E-state index in [1.54, 1.807) is 6.20 Å². The molecule has 4 atom stereocenters. The molecule has 0 radical (unpaired) electrons. The number of carbonyl (C=O) groups excluding carboxylic acids is 4. The van der Waals surface area contributed by atoms with Crippen molar-refractivity contribution in [3.05, 3.63) is 36.0 Å². The van der Waals surface area contributed by atoms with Gasteiger partial charge in [0.25, 0.3) is 0 Å². The smallest absolute Gasteiger partial charge is 0.326 e. The van der Waals surface area contributed by atoms with Crippen molar-refractivity contribution in [2.24, 2.45) is 17.2 Å². The van der Waals surface area contributed by atoms with Gasteiger partial charge in [-0.25, -0.2) is 4.79 Å². The summed E-state index contributed by atoms with van der Waals surface area (Å²) < 4.78 is 0. The number of nitrogens with one attached hydrogen (secondary N) is 4. The van der Waals surface area contributed by atoms with Gasteiger partial charge in [-0.05, 0) is 68.7 Å². The third-order valence-corrected chi connectivity index (χ3v) is 7.21. The fourth-order valence-electron chi connectivity index (χ4n) is 4.26. The summed E-state index contributed by atoms with van der Waals surface area (Å²) in [5.74, 6) is -3.37. The zero-order valence-electron chi connectivity index (χ0n) is 23.2. The summed E-state index contributed by atoms with van der Waals surface area (Å²) in [7, 11) is 0. The topological polar surface area (TPSA) is 236 Å². The quantitative estimate of drug-likeness (QED) is 0.100. The number of para-hydroxylation sites is 1. The summed E-state index contributed by atoms with van der Waals surface area (Å²) in [5.41, 5.74) is 18.7. The van der Waals surface area contributed by atoms with Crippen LogP contribution in [0.2, 0.25) is 0 Å². The van der Waals surface area contributed by atoms with Crippen LogP contribution in [0.1, 0.15) is 44.1 Å². The molecule has 0 spiro atoms. The Hall–Kier alpha value is -3.62. The normalized spacial score (nSPS) is 14.0. The number of thioether (sulfide) groups is 1. The van der Waals surface area contributed by atoms with Gasteiger partial charge in [-0.15, -0.1) is 0 Å². The first kappa shape index (κ1) is 33.6. The van der Waals surface area contributed by atoms with Crippen molar-refractivity contribution in [1.29, 1.82) is 0 Å². The van der Waals surface area contributed by atoms with Crippen molar-refractivity contribution in [2.45, 2.75) is 69.1 Å². The van der Waals surface area contributed by atoms with Gasteiger partial charge in [0, 0.05) is 23.5 Å². The molecule has 0 bridgehead atoms. The maximum atomic E-state index is 13.3. The number of amides is 4. The van der Waals surface area contributed by atoms with Crippen LogP contribution in [0.5, 0.6) is 0 Å². The molecule has 0 aliphatic carbocycles. The number of nitrogens with two attached hydrogens (primary N) is 3. The molecule has 13 nitrogen and oxygen atoms in total. The first-order valence-corrected chi connectivity index (χ1v) is 14.9. The highest BCUT2D eigenvalue weighted by molar-refractivity contribution is 7.98. The second-order valence-corrected chi connectivity index (χ2v) is 10.7. The fraction of sp³-hybridized carbons (Fsp3) is 0.519. The first-order chi connectivity index (χ1) is 19.6. The van der Waals surface area contributed by atoms with Crippen LogP contribution >= 0.6 is 11.8 Å². The fourth-order valence-corrected chi connectivity index (χ4v) is 4.74. The van der Waals surface area contributed by atoms with Crippen LogP contribution in [0, 0.1) is 0 Å². The summed E-state index contributed by atoms with van der Waals surface area (Å²) in [6.07, 6.45) is 4.96. The van der Waals surface area contributed by atoms with Crippen LogP contribution in [-0.2, 0) is 30.4 Å². The number of H-pyrrole nitrogens is 1. The number of carboxylic acids is 1. The van der Waals surface area contributed by atoms with Gasteiger partial charge in [0.15, 0.2) is 0 Å². The van der Waals surface area contributed by atoms with E-state index in [1.165, 1.54) is 11.8 Å². The van der Waals surface area contributed by atoms with E-state index in [2.05, 4.69) is 20.9 Å². The monoisotopic (exact) mass is 591 g/mol. The number of primary amides is 1. The number of aromatic nitrogens is 1. The molecule has 4 amide bonds. The van der Waals surface area contributed by atoms with E-state index in [0.29, 0.717) is 25.1 Å². The van der Waals surface area contributed by atoms with Gasteiger partial charge in [0.2, 0.25) is 23.6 Å². The van der Waals surface area contributed by atoms with Gasteiger partial charge in [-0.3, -0.25) is 19.2 Å². The van der Waals surface area contributed by atoms with Crippen molar-refractivity contribution >= 4 is 52.3 Å². The van der Waals surface area contributed by atoms with Crippen molar-refractivity contribution in [2.75, 3.05) is 18.6 Å². The van der Waals surface area contributed by atoms with Gasteiger partial charge < -0.3 is 43.2 Å². The summed E-state index contributed by atoms with van der Waals surface area (Å²) in [4.78, 5) is 65.5. The second kappa shape index (κ2) is 17.3. The predicted octanol–water partition coefficient (Wildman–Crippen LogP) is -0.276. The molecule has 1 aromatic carbocycles. The third kappa shape index (κ3) is 11.1. The van der Waals surface area contributed by atoms with Crippen LogP contribution < -0.4 is 33.2 Å². The highest BCUT2D eigenvalue weighted by Crippen LogP contribution is 2.19. The minimum absolute atomic E-state index is 0.148. The Morgan fingerprint density at radius 3 is 2.20 bits per heavy atom. The van der Waals surface area contributed by atoms with Crippen molar-refractivity contribution in [3.63, 3.8) is 0 Å². The second-order valence-electron chi connectivity index (χ2n) is 9.76. The van der Waals surface area contributed by atoms with Crippen LogP contribution in [0.25, 0.3) is 10.9 Å². The first-order valence-electron chi connectivity index (χ1n) is 13.5. The Kier molecular flexibility index (Phi) is 14.1. The summed E-state index contributed by atoms with van der Waals surface area (Å²) in [6.45, 7) is 0.381. The van der Waals surface area contributed by atoms with Crippen molar-refractivity contribution < 1.29 is 29.1 Å². The molecule has 4 unspecified atom stereocenters. The average molecular weight is 592 g/mol. The van der Waals surface area contributed by atoms with Gasteiger partial charge in [0.1, 0.15) is 18.1 Å². The standard InChI is InChI=1S/C27H41N7O6S/c1-41-13-11-21(32-24(36)18(29)14-16-15-31-19-7-3-2-6-17(16)19)26(38)33-20(9-10-23(30)35)25(37)34-22(27(39)40)8-4-5-12-28/h2-3,6-7,15,18,20-22,31H,4-5,8-14,28-29H2,1H3,(H2,30,35)(H,32,36)(H,33,38)(H,34,37)(H,39,40). The van der Waals surface area contributed by atoms with Gasteiger partial charge in [0.05, 0.1) is 6.04 Å². The Morgan fingerprint density at radius 1 is 0.927 bits per heavy atom. The average Bonchev–Trinajstić information content (AvgIpc) is 3.34. The van der Waals surface area contributed by atoms with Gasteiger partial charge in [-0.2, -0.15) is 11.8 Å². The van der Waals surface area contributed by atoms with E-state index in [4.69, 9.17) is 17.2 Å². The zero-order chi connectivity index (χ0) is 30.4. The zero-order valence-corrected chi connectivity index (χ0v) is 24.0.